The summed E-state index contributed by atoms with van der Waals surface area (Å²) in [6, 6.07) is 13.0. The molecular weight excluding hydrogens is 228 g/mol. The molecule has 0 bridgehead atoms. The number of hydrogen-bond acceptors (Lipinski definition) is 0. The summed E-state index contributed by atoms with van der Waals surface area (Å²) in [5.41, 5.74) is 7.69. The van der Waals surface area contributed by atoms with Crippen molar-refractivity contribution < 1.29 is 0 Å². The van der Waals surface area contributed by atoms with E-state index in [1.54, 1.807) is 0 Å². The molecule has 2 aromatic carbocycles. The molecule has 0 saturated heterocycles. The van der Waals surface area contributed by atoms with Gasteiger partial charge in [-0.2, -0.15) is 0 Å². The molecule has 0 heterocycles. The highest BCUT2D eigenvalue weighted by atomic mass is 35.5. The van der Waals surface area contributed by atoms with E-state index in [-0.39, 0.29) is 0 Å². The number of hydrogen-bond donors (Lipinski definition) is 0. The van der Waals surface area contributed by atoms with Crippen LogP contribution in [0, 0.1) is 20.8 Å². The average molecular weight is 245 g/mol. The Hall–Kier alpha value is -1.27. The lowest BCUT2D eigenvalue weighted by molar-refractivity contribution is 1.33. The molecular formula is C16H17Cl. The molecule has 1 heteroatoms. The number of rotatable bonds is 2. The summed E-state index contributed by atoms with van der Waals surface area (Å²) in [7, 11) is 0. The van der Waals surface area contributed by atoms with Gasteiger partial charge in [0.15, 0.2) is 0 Å². The second-order valence-corrected chi connectivity index (χ2v) is 4.87. The van der Waals surface area contributed by atoms with E-state index in [1.807, 2.05) is 0 Å². The van der Waals surface area contributed by atoms with Crippen LogP contribution < -0.4 is 0 Å². The summed E-state index contributed by atoms with van der Waals surface area (Å²) in [6.07, 6.45) is 0. The topological polar surface area (TPSA) is 0 Å². The SMILES string of the molecule is Cc1ccc(-c2cc(CCl)ccc2C)c(C)c1. The molecule has 0 atom stereocenters. The first-order valence-corrected chi connectivity index (χ1v) is 6.38. The second kappa shape index (κ2) is 4.93. The van der Waals surface area contributed by atoms with Gasteiger partial charge in [0.1, 0.15) is 0 Å². The quantitative estimate of drug-likeness (QED) is 0.651. The van der Waals surface area contributed by atoms with Gasteiger partial charge in [-0.05, 0) is 54.7 Å². The van der Waals surface area contributed by atoms with Crippen LogP contribution in [0.1, 0.15) is 22.3 Å². The first kappa shape index (κ1) is 12.2. The van der Waals surface area contributed by atoms with Gasteiger partial charge in [0, 0.05) is 5.88 Å². The minimum absolute atomic E-state index is 0.568. The molecule has 88 valence electrons. The molecule has 0 aromatic heterocycles. The van der Waals surface area contributed by atoms with Crippen LogP contribution in [-0.4, -0.2) is 0 Å². The minimum Gasteiger partial charge on any atom is -0.122 e. The second-order valence-electron chi connectivity index (χ2n) is 4.60. The Bertz CT molecular complexity index is 541. The number of halogens is 1. The van der Waals surface area contributed by atoms with E-state index in [9.17, 15) is 0 Å². The van der Waals surface area contributed by atoms with Gasteiger partial charge in [0.25, 0.3) is 0 Å². The average Bonchev–Trinajstić information content (AvgIpc) is 2.30. The summed E-state index contributed by atoms with van der Waals surface area (Å²) in [5.74, 6) is 0.568. The van der Waals surface area contributed by atoms with Crippen molar-refractivity contribution in [3.05, 3.63) is 58.7 Å². The molecule has 0 unspecified atom stereocenters. The molecule has 0 aliphatic rings. The lowest BCUT2D eigenvalue weighted by Crippen LogP contribution is -1.90. The molecule has 0 saturated carbocycles. The molecule has 0 amide bonds. The van der Waals surface area contributed by atoms with Gasteiger partial charge in [-0.15, -0.1) is 11.6 Å². The molecule has 2 rings (SSSR count). The Balaban J connectivity index is 2.59. The monoisotopic (exact) mass is 244 g/mol. The first-order chi connectivity index (χ1) is 8.11. The summed E-state index contributed by atoms with van der Waals surface area (Å²) in [5, 5.41) is 0. The smallest absolute Gasteiger partial charge is 0.0474 e. The Morgan fingerprint density at radius 3 is 2.24 bits per heavy atom. The zero-order valence-electron chi connectivity index (χ0n) is 10.5. The maximum Gasteiger partial charge on any atom is 0.0474 e. The molecule has 0 aliphatic carbocycles. The van der Waals surface area contributed by atoms with Gasteiger partial charge in [-0.25, -0.2) is 0 Å². The van der Waals surface area contributed by atoms with Crippen LogP contribution in [-0.2, 0) is 5.88 Å². The first-order valence-electron chi connectivity index (χ1n) is 5.85. The fourth-order valence-corrected chi connectivity index (χ4v) is 2.32. The predicted octanol–water partition coefficient (Wildman–Crippen LogP) is 5.02. The molecule has 2 aromatic rings. The highest BCUT2D eigenvalue weighted by Gasteiger charge is 2.06. The zero-order valence-corrected chi connectivity index (χ0v) is 11.3. The number of benzene rings is 2. The number of aryl methyl sites for hydroxylation is 3. The van der Waals surface area contributed by atoms with Gasteiger partial charge in [-0.3, -0.25) is 0 Å². The number of alkyl halides is 1. The van der Waals surface area contributed by atoms with Crippen molar-refractivity contribution in [3.63, 3.8) is 0 Å². The molecule has 0 N–H and O–H groups in total. The Morgan fingerprint density at radius 1 is 0.824 bits per heavy atom. The van der Waals surface area contributed by atoms with Crippen molar-refractivity contribution in [2.75, 3.05) is 0 Å². The predicted molar refractivity (Wildman–Crippen MR) is 75.6 cm³/mol. The third kappa shape index (κ3) is 2.53. The Kier molecular flexibility index (Phi) is 3.54. The molecule has 0 spiro atoms. The Labute approximate surface area is 108 Å². The van der Waals surface area contributed by atoms with Crippen molar-refractivity contribution in [1.29, 1.82) is 0 Å². The fourth-order valence-electron chi connectivity index (χ4n) is 2.16. The van der Waals surface area contributed by atoms with Crippen LogP contribution in [0.25, 0.3) is 11.1 Å². The lowest BCUT2D eigenvalue weighted by atomic mass is 9.94. The van der Waals surface area contributed by atoms with Crippen LogP contribution >= 0.6 is 11.6 Å². The summed E-state index contributed by atoms with van der Waals surface area (Å²) < 4.78 is 0. The summed E-state index contributed by atoms with van der Waals surface area (Å²) in [4.78, 5) is 0. The molecule has 0 radical (unpaired) electrons. The summed E-state index contributed by atoms with van der Waals surface area (Å²) in [6.45, 7) is 6.43. The van der Waals surface area contributed by atoms with Crippen LogP contribution in [0.3, 0.4) is 0 Å². The van der Waals surface area contributed by atoms with Crippen molar-refractivity contribution in [3.8, 4) is 11.1 Å². The van der Waals surface area contributed by atoms with Gasteiger partial charge in [0.05, 0.1) is 0 Å². The lowest BCUT2D eigenvalue weighted by Gasteiger charge is -2.11. The van der Waals surface area contributed by atoms with E-state index in [1.165, 1.54) is 33.4 Å². The minimum atomic E-state index is 0.568. The van der Waals surface area contributed by atoms with Crippen LogP contribution in [0.15, 0.2) is 36.4 Å². The highest BCUT2D eigenvalue weighted by molar-refractivity contribution is 6.17. The molecule has 17 heavy (non-hydrogen) atoms. The third-order valence-corrected chi connectivity index (χ3v) is 3.44. The largest absolute Gasteiger partial charge is 0.122 e. The maximum absolute atomic E-state index is 5.90. The van der Waals surface area contributed by atoms with Crippen molar-refractivity contribution in [2.45, 2.75) is 26.7 Å². The molecule has 0 fully saturated rings. The van der Waals surface area contributed by atoms with Crippen LogP contribution in [0.4, 0.5) is 0 Å². The standard InChI is InChI=1S/C16H17Cl/c1-11-4-7-15(13(3)8-11)16-9-14(10-17)6-5-12(16)2/h4-9H,10H2,1-3H3. The molecule has 0 nitrogen and oxygen atoms in total. The van der Waals surface area contributed by atoms with E-state index in [4.69, 9.17) is 11.6 Å². The van der Waals surface area contributed by atoms with Crippen molar-refractivity contribution in [1.82, 2.24) is 0 Å². The highest BCUT2D eigenvalue weighted by Crippen LogP contribution is 2.28. The maximum atomic E-state index is 5.90. The van der Waals surface area contributed by atoms with E-state index >= 15 is 0 Å². The third-order valence-electron chi connectivity index (χ3n) is 3.13. The van der Waals surface area contributed by atoms with E-state index in [0.29, 0.717) is 5.88 Å². The van der Waals surface area contributed by atoms with Crippen molar-refractivity contribution in [2.24, 2.45) is 0 Å². The van der Waals surface area contributed by atoms with Crippen LogP contribution in [0.2, 0.25) is 0 Å². The van der Waals surface area contributed by atoms with Gasteiger partial charge >= 0.3 is 0 Å². The van der Waals surface area contributed by atoms with E-state index in [0.717, 1.165) is 0 Å². The van der Waals surface area contributed by atoms with E-state index in [2.05, 4.69) is 57.2 Å². The fraction of sp³-hybridized carbons (Fsp3) is 0.250. The zero-order chi connectivity index (χ0) is 12.4. The van der Waals surface area contributed by atoms with Crippen LogP contribution in [0.5, 0.6) is 0 Å². The van der Waals surface area contributed by atoms with Gasteiger partial charge in [0.2, 0.25) is 0 Å². The molecule has 0 aliphatic heterocycles. The summed E-state index contributed by atoms with van der Waals surface area (Å²) >= 11 is 5.90. The van der Waals surface area contributed by atoms with Crippen molar-refractivity contribution >= 4 is 11.6 Å². The van der Waals surface area contributed by atoms with Gasteiger partial charge in [-0.1, -0.05) is 35.9 Å². The Morgan fingerprint density at radius 2 is 1.59 bits per heavy atom. The van der Waals surface area contributed by atoms with Gasteiger partial charge < -0.3 is 0 Å². The van der Waals surface area contributed by atoms with E-state index < -0.39 is 0 Å². The normalized spacial score (nSPS) is 10.6.